The van der Waals surface area contributed by atoms with Gasteiger partial charge in [-0.15, -0.1) is 10.2 Å². The summed E-state index contributed by atoms with van der Waals surface area (Å²) in [6.07, 6.45) is 6.06. The normalized spacial score (nSPS) is 11.6. The molecule has 2 aromatic rings. The molecule has 2 aromatic heterocycles. The third-order valence-corrected chi connectivity index (χ3v) is 4.17. The molecular formula is C13H19N5S. The van der Waals surface area contributed by atoms with Crippen molar-refractivity contribution in [2.75, 3.05) is 18.5 Å². The Kier molecular flexibility index (Phi) is 4.09. The average molecular weight is 277 g/mol. The Morgan fingerprint density at radius 2 is 2.00 bits per heavy atom. The predicted octanol–water partition coefficient (Wildman–Crippen LogP) is 2.30. The summed E-state index contributed by atoms with van der Waals surface area (Å²) in [6.45, 7) is 7.31. The van der Waals surface area contributed by atoms with Crippen LogP contribution in [0.5, 0.6) is 0 Å². The monoisotopic (exact) mass is 277 g/mol. The summed E-state index contributed by atoms with van der Waals surface area (Å²) in [5, 5.41) is 10.5. The first kappa shape index (κ1) is 13.9. The molecule has 2 heterocycles. The molecule has 0 aliphatic carbocycles. The van der Waals surface area contributed by atoms with Crippen LogP contribution < -0.4 is 4.90 Å². The van der Waals surface area contributed by atoms with Gasteiger partial charge in [-0.05, 0) is 0 Å². The van der Waals surface area contributed by atoms with Gasteiger partial charge in [0, 0.05) is 44.0 Å². The molecule has 0 saturated heterocycles. The maximum atomic E-state index is 4.27. The molecule has 102 valence electrons. The van der Waals surface area contributed by atoms with Crippen LogP contribution in [0.3, 0.4) is 0 Å². The van der Waals surface area contributed by atoms with E-state index in [4.69, 9.17) is 0 Å². The summed E-state index contributed by atoms with van der Waals surface area (Å²) in [6, 6.07) is 0. The standard InChI is InChI=1S/C13H19N5S/c1-13(2,3)11-16-17-12(19-11)18(4)8-5-10-9-14-6-7-15-10/h6-7,9H,5,8H2,1-4H3. The molecule has 0 saturated carbocycles. The Bertz CT molecular complexity index is 517. The second-order valence-electron chi connectivity index (χ2n) is 5.51. The first-order valence-corrected chi connectivity index (χ1v) is 7.08. The van der Waals surface area contributed by atoms with E-state index in [1.54, 1.807) is 29.9 Å². The van der Waals surface area contributed by atoms with Crippen LogP contribution in [0.1, 0.15) is 31.5 Å². The molecule has 2 rings (SSSR count). The molecule has 0 unspecified atom stereocenters. The molecule has 0 aromatic carbocycles. The van der Waals surface area contributed by atoms with Crippen LogP contribution in [-0.4, -0.2) is 33.8 Å². The smallest absolute Gasteiger partial charge is 0.208 e. The Morgan fingerprint density at radius 1 is 1.21 bits per heavy atom. The van der Waals surface area contributed by atoms with Crippen molar-refractivity contribution in [3.8, 4) is 0 Å². The highest BCUT2D eigenvalue weighted by molar-refractivity contribution is 7.15. The van der Waals surface area contributed by atoms with E-state index in [2.05, 4.69) is 45.8 Å². The van der Waals surface area contributed by atoms with Crippen molar-refractivity contribution < 1.29 is 0 Å². The average Bonchev–Trinajstić information content (AvgIpc) is 2.87. The summed E-state index contributed by atoms with van der Waals surface area (Å²) < 4.78 is 0. The SMILES string of the molecule is CN(CCc1cnccn1)c1nnc(C(C)(C)C)s1. The Hall–Kier alpha value is -1.56. The third kappa shape index (κ3) is 3.70. The number of hydrogen-bond acceptors (Lipinski definition) is 6. The molecule has 0 aliphatic heterocycles. The molecule has 0 aliphatic rings. The summed E-state index contributed by atoms with van der Waals surface area (Å²) in [7, 11) is 2.03. The summed E-state index contributed by atoms with van der Waals surface area (Å²) >= 11 is 1.65. The van der Waals surface area contributed by atoms with Crippen LogP contribution in [0, 0.1) is 0 Å². The maximum absolute atomic E-state index is 4.27. The molecule has 0 fully saturated rings. The van der Waals surface area contributed by atoms with Crippen molar-refractivity contribution in [1.29, 1.82) is 0 Å². The van der Waals surface area contributed by atoms with Gasteiger partial charge in [0.2, 0.25) is 5.13 Å². The maximum Gasteiger partial charge on any atom is 0.208 e. The first-order valence-electron chi connectivity index (χ1n) is 6.27. The fourth-order valence-corrected chi connectivity index (χ4v) is 2.40. The van der Waals surface area contributed by atoms with Gasteiger partial charge >= 0.3 is 0 Å². The molecule has 0 radical (unpaired) electrons. The molecule has 5 nitrogen and oxygen atoms in total. The van der Waals surface area contributed by atoms with Gasteiger partial charge in [0.15, 0.2) is 0 Å². The Labute approximate surface area is 117 Å². The lowest BCUT2D eigenvalue weighted by Crippen LogP contribution is -2.20. The van der Waals surface area contributed by atoms with Crippen molar-refractivity contribution in [2.45, 2.75) is 32.6 Å². The molecule has 0 bridgehead atoms. The Morgan fingerprint density at radius 3 is 2.58 bits per heavy atom. The van der Waals surface area contributed by atoms with E-state index in [0.29, 0.717) is 0 Å². The summed E-state index contributed by atoms with van der Waals surface area (Å²) in [4.78, 5) is 10.4. The zero-order valence-corrected chi connectivity index (χ0v) is 12.6. The van der Waals surface area contributed by atoms with E-state index < -0.39 is 0 Å². The quantitative estimate of drug-likeness (QED) is 0.858. The minimum absolute atomic E-state index is 0.0572. The van der Waals surface area contributed by atoms with E-state index in [1.807, 2.05) is 7.05 Å². The summed E-state index contributed by atoms with van der Waals surface area (Å²) in [5.41, 5.74) is 1.05. The number of anilines is 1. The fourth-order valence-electron chi connectivity index (χ4n) is 1.51. The van der Waals surface area contributed by atoms with Crippen molar-refractivity contribution in [3.05, 3.63) is 29.3 Å². The number of likely N-dealkylation sites (N-methyl/N-ethyl adjacent to an activating group) is 1. The lowest BCUT2D eigenvalue weighted by atomic mass is 9.98. The molecule has 0 atom stereocenters. The second-order valence-corrected chi connectivity index (χ2v) is 6.46. The van der Waals surface area contributed by atoms with E-state index in [-0.39, 0.29) is 5.41 Å². The van der Waals surface area contributed by atoms with Gasteiger partial charge in [0.25, 0.3) is 0 Å². The van der Waals surface area contributed by atoms with Gasteiger partial charge in [0.05, 0.1) is 5.69 Å². The van der Waals surface area contributed by atoms with Gasteiger partial charge in [-0.2, -0.15) is 0 Å². The van der Waals surface area contributed by atoms with Crippen molar-refractivity contribution in [1.82, 2.24) is 20.2 Å². The van der Waals surface area contributed by atoms with Gasteiger partial charge in [-0.3, -0.25) is 9.97 Å². The van der Waals surface area contributed by atoms with Crippen molar-refractivity contribution in [3.63, 3.8) is 0 Å². The van der Waals surface area contributed by atoms with E-state index in [9.17, 15) is 0 Å². The van der Waals surface area contributed by atoms with Crippen LogP contribution in [0.15, 0.2) is 18.6 Å². The number of nitrogens with zero attached hydrogens (tertiary/aromatic N) is 5. The van der Waals surface area contributed by atoms with Crippen molar-refractivity contribution in [2.24, 2.45) is 0 Å². The van der Waals surface area contributed by atoms with Gasteiger partial charge in [-0.25, -0.2) is 0 Å². The summed E-state index contributed by atoms with van der Waals surface area (Å²) in [5.74, 6) is 0. The van der Waals surface area contributed by atoms with Gasteiger partial charge in [-0.1, -0.05) is 32.1 Å². The van der Waals surface area contributed by atoms with Crippen LogP contribution in [-0.2, 0) is 11.8 Å². The minimum Gasteiger partial charge on any atom is -0.349 e. The molecule has 0 spiro atoms. The highest BCUT2D eigenvalue weighted by atomic mass is 32.1. The number of rotatable bonds is 4. The lowest BCUT2D eigenvalue weighted by Gasteiger charge is -2.15. The zero-order valence-electron chi connectivity index (χ0n) is 11.8. The molecule has 19 heavy (non-hydrogen) atoms. The van der Waals surface area contributed by atoms with Gasteiger partial charge < -0.3 is 4.90 Å². The highest BCUT2D eigenvalue weighted by Crippen LogP contribution is 2.29. The van der Waals surface area contributed by atoms with Crippen LogP contribution in [0.4, 0.5) is 5.13 Å². The Balaban J connectivity index is 1.97. The first-order chi connectivity index (χ1) is 8.97. The van der Waals surface area contributed by atoms with Crippen LogP contribution in [0.25, 0.3) is 0 Å². The van der Waals surface area contributed by atoms with Gasteiger partial charge in [0.1, 0.15) is 5.01 Å². The van der Waals surface area contributed by atoms with E-state index >= 15 is 0 Å². The van der Waals surface area contributed by atoms with Crippen molar-refractivity contribution >= 4 is 16.5 Å². The number of aromatic nitrogens is 4. The number of hydrogen-bond donors (Lipinski definition) is 0. The fraction of sp³-hybridized carbons (Fsp3) is 0.538. The highest BCUT2D eigenvalue weighted by Gasteiger charge is 2.20. The van der Waals surface area contributed by atoms with Crippen LogP contribution >= 0.6 is 11.3 Å². The van der Waals surface area contributed by atoms with Crippen LogP contribution in [0.2, 0.25) is 0 Å². The molecular weight excluding hydrogens is 258 g/mol. The second kappa shape index (κ2) is 5.61. The lowest BCUT2D eigenvalue weighted by molar-refractivity contribution is 0.578. The molecule has 6 heteroatoms. The topological polar surface area (TPSA) is 54.8 Å². The molecule has 0 N–H and O–H groups in total. The van der Waals surface area contributed by atoms with E-state index in [0.717, 1.165) is 28.8 Å². The predicted molar refractivity (Wildman–Crippen MR) is 77.6 cm³/mol. The molecule has 0 amide bonds. The zero-order chi connectivity index (χ0) is 13.9. The third-order valence-electron chi connectivity index (χ3n) is 2.70. The largest absolute Gasteiger partial charge is 0.349 e. The minimum atomic E-state index is 0.0572. The van der Waals surface area contributed by atoms with E-state index in [1.165, 1.54) is 0 Å².